The van der Waals surface area contributed by atoms with Crippen LogP contribution in [0.3, 0.4) is 0 Å². The summed E-state index contributed by atoms with van der Waals surface area (Å²) in [7, 11) is 0. The zero-order valence-corrected chi connectivity index (χ0v) is 15.4. The number of fused-ring (bicyclic) bond motifs is 1. The number of hydrogen-bond donors (Lipinski definition) is 0. The van der Waals surface area contributed by atoms with Crippen molar-refractivity contribution >= 4 is 28.9 Å². The van der Waals surface area contributed by atoms with E-state index in [2.05, 4.69) is 10.1 Å². The Labute approximate surface area is 164 Å². The minimum atomic E-state index is -0.460. The Balaban J connectivity index is 1.43. The fraction of sp³-hybridized carbons (Fsp3) is 0.211. The summed E-state index contributed by atoms with van der Waals surface area (Å²) in [4.78, 5) is 29.1. The van der Waals surface area contributed by atoms with Crippen LogP contribution in [0.2, 0.25) is 5.02 Å². The zero-order chi connectivity index (χ0) is 19.7. The Hall–Kier alpha value is -3.26. The molecule has 1 aliphatic rings. The zero-order valence-electron chi connectivity index (χ0n) is 14.7. The highest BCUT2D eigenvalue weighted by Crippen LogP contribution is 2.32. The summed E-state index contributed by atoms with van der Waals surface area (Å²) in [5, 5.41) is 15.5. The van der Waals surface area contributed by atoms with Gasteiger partial charge in [-0.15, -0.1) is 0 Å². The Bertz CT molecular complexity index is 1050. The average molecular weight is 399 g/mol. The van der Waals surface area contributed by atoms with Crippen LogP contribution in [-0.4, -0.2) is 27.5 Å². The number of nitro groups is 1. The van der Waals surface area contributed by atoms with Crippen molar-refractivity contribution < 1.29 is 14.2 Å². The van der Waals surface area contributed by atoms with Gasteiger partial charge in [0.15, 0.2) is 0 Å². The molecule has 9 heteroatoms. The minimum absolute atomic E-state index is 0.0250. The van der Waals surface area contributed by atoms with Crippen LogP contribution >= 0.6 is 11.6 Å². The molecule has 2 heterocycles. The molecule has 0 spiro atoms. The molecule has 4 rings (SSSR count). The molecule has 8 nitrogen and oxygen atoms in total. The molecule has 0 fully saturated rings. The maximum absolute atomic E-state index is 12.6. The van der Waals surface area contributed by atoms with Gasteiger partial charge in [0.25, 0.3) is 5.69 Å². The van der Waals surface area contributed by atoms with Crippen LogP contribution in [0.15, 0.2) is 47.0 Å². The molecular weight excluding hydrogens is 384 g/mol. The van der Waals surface area contributed by atoms with Gasteiger partial charge in [-0.05, 0) is 36.2 Å². The maximum Gasteiger partial charge on any atom is 0.271 e. The maximum atomic E-state index is 12.6. The van der Waals surface area contributed by atoms with Gasteiger partial charge in [-0.3, -0.25) is 14.9 Å². The van der Waals surface area contributed by atoms with E-state index in [1.807, 2.05) is 0 Å². The van der Waals surface area contributed by atoms with Gasteiger partial charge in [0.2, 0.25) is 17.6 Å². The van der Waals surface area contributed by atoms with E-state index in [4.69, 9.17) is 16.1 Å². The number of amides is 1. The van der Waals surface area contributed by atoms with E-state index in [1.54, 1.807) is 35.2 Å². The number of aryl methyl sites for hydroxylation is 1. The number of hydrogen-bond acceptors (Lipinski definition) is 6. The summed E-state index contributed by atoms with van der Waals surface area (Å²) >= 11 is 5.87. The van der Waals surface area contributed by atoms with Crippen LogP contribution < -0.4 is 4.90 Å². The third kappa shape index (κ3) is 3.59. The first-order valence-electron chi connectivity index (χ1n) is 8.67. The van der Waals surface area contributed by atoms with Crippen molar-refractivity contribution in [3.63, 3.8) is 0 Å². The molecule has 0 N–H and O–H groups in total. The first-order valence-corrected chi connectivity index (χ1v) is 9.05. The Morgan fingerprint density at radius 1 is 1.25 bits per heavy atom. The second kappa shape index (κ2) is 7.40. The van der Waals surface area contributed by atoms with E-state index in [-0.39, 0.29) is 18.0 Å². The third-order valence-electron chi connectivity index (χ3n) is 4.60. The topological polar surface area (TPSA) is 102 Å². The van der Waals surface area contributed by atoms with Crippen molar-refractivity contribution in [1.29, 1.82) is 0 Å². The molecule has 0 saturated carbocycles. The summed E-state index contributed by atoms with van der Waals surface area (Å²) in [5.74, 6) is 0.656. The lowest BCUT2D eigenvalue weighted by Gasteiger charge is -2.16. The molecule has 0 unspecified atom stereocenters. The van der Waals surface area contributed by atoms with Crippen LogP contribution in [-0.2, 0) is 17.6 Å². The Morgan fingerprint density at radius 3 is 2.79 bits per heavy atom. The van der Waals surface area contributed by atoms with Crippen molar-refractivity contribution in [2.24, 2.45) is 0 Å². The van der Waals surface area contributed by atoms with Gasteiger partial charge >= 0.3 is 0 Å². The van der Waals surface area contributed by atoms with Gasteiger partial charge in [-0.1, -0.05) is 22.8 Å². The third-order valence-corrected chi connectivity index (χ3v) is 4.85. The molecule has 0 atom stereocenters. The number of halogens is 1. The fourth-order valence-electron chi connectivity index (χ4n) is 3.16. The molecule has 28 heavy (non-hydrogen) atoms. The van der Waals surface area contributed by atoms with Gasteiger partial charge in [0.1, 0.15) is 0 Å². The van der Waals surface area contributed by atoms with Crippen LogP contribution in [0.5, 0.6) is 0 Å². The summed E-state index contributed by atoms with van der Waals surface area (Å²) in [6.45, 7) is 0.509. The highest BCUT2D eigenvalue weighted by atomic mass is 35.5. The summed E-state index contributed by atoms with van der Waals surface area (Å²) in [5.41, 5.74) is 2.28. The number of carbonyl (C=O) groups excluding carboxylic acids is 1. The predicted octanol–water partition coefficient (Wildman–Crippen LogP) is 3.82. The SMILES string of the molecule is O=C(CCc1nc(-c2ccc(Cl)cc2)no1)N1CCc2ccc([N+](=O)[O-])cc21. The van der Waals surface area contributed by atoms with Crippen molar-refractivity contribution in [3.05, 3.63) is 69.1 Å². The van der Waals surface area contributed by atoms with Gasteiger partial charge in [0.05, 0.1) is 10.6 Å². The van der Waals surface area contributed by atoms with E-state index in [1.165, 1.54) is 12.1 Å². The van der Waals surface area contributed by atoms with Gasteiger partial charge in [-0.2, -0.15) is 4.98 Å². The van der Waals surface area contributed by atoms with Crippen LogP contribution in [0.25, 0.3) is 11.4 Å². The predicted molar refractivity (Wildman–Crippen MR) is 102 cm³/mol. The molecule has 0 bridgehead atoms. The summed E-state index contributed by atoms with van der Waals surface area (Å²) in [6, 6.07) is 11.7. The van der Waals surface area contributed by atoms with E-state index < -0.39 is 4.92 Å². The number of non-ortho nitro benzene ring substituents is 1. The number of anilines is 1. The Morgan fingerprint density at radius 2 is 2.04 bits per heavy atom. The first-order chi connectivity index (χ1) is 13.5. The minimum Gasteiger partial charge on any atom is -0.339 e. The van der Waals surface area contributed by atoms with Crippen molar-refractivity contribution in [3.8, 4) is 11.4 Å². The number of nitro benzene ring substituents is 1. The lowest BCUT2D eigenvalue weighted by molar-refractivity contribution is -0.384. The molecule has 0 aliphatic carbocycles. The van der Waals surface area contributed by atoms with Crippen LogP contribution in [0, 0.1) is 10.1 Å². The molecule has 1 aromatic heterocycles. The normalized spacial score (nSPS) is 12.8. The van der Waals surface area contributed by atoms with Crippen LogP contribution in [0.1, 0.15) is 17.9 Å². The van der Waals surface area contributed by atoms with Gasteiger partial charge in [-0.25, -0.2) is 0 Å². The summed E-state index contributed by atoms with van der Waals surface area (Å²) < 4.78 is 5.23. The molecule has 1 amide bonds. The lowest BCUT2D eigenvalue weighted by atomic mass is 10.1. The van der Waals surface area contributed by atoms with Crippen molar-refractivity contribution in [2.75, 3.05) is 11.4 Å². The van der Waals surface area contributed by atoms with E-state index in [0.29, 0.717) is 41.8 Å². The second-order valence-corrected chi connectivity index (χ2v) is 6.82. The van der Waals surface area contributed by atoms with Gasteiger partial charge in [0, 0.05) is 42.1 Å². The number of aromatic nitrogens is 2. The van der Waals surface area contributed by atoms with Crippen LogP contribution in [0.4, 0.5) is 11.4 Å². The number of nitrogens with zero attached hydrogens (tertiary/aromatic N) is 4. The van der Waals surface area contributed by atoms with E-state index >= 15 is 0 Å². The second-order valence-electron chi connectivity index (χ2n) is 6.38. The fourth-order valence-corrected chi connectivity index (χ4v) is 3.29. The standard InChI is InChI=1S/C19H15ClN4O4/c20-14-4-1-13(2-5-14)19-21-17(28-22-19)7-8-18(25)23-10-9-12-3-6-15(24(26)27)11-16(12)23/h1-6,11H,7-10H2. The monoisotopic (exact) mass is 398 g/mol. The molecule has 142 valence electrons. The number of carbonyl (C=O) groups is 1. The largest absolute Gasteiger partial charge is 0.339 e. The highest BCUT2D eigenvalue weighted by molar-refractivity contribution is 6.30. The number of rotatable bonds is 5. The smallest absolute Gasteiger partial charge is 0.271 e. The van der Waals surface area contributed by atoms with E-state index in [0.717, 1.165) is 11.1 Å². The first kappa shape index (κ1) is 18.1. The molecule has 2 aromatic carbocycles. The van der Waals surface area contributed by atoms with Crippen molar-refractivity contribution in [2.45, 2.75) is 19.3 Å². The van der Waals surface area contributed by atoms with Gasteiger partial charge < -0.3 is 9.42 Å². The molecular formula is C19H15ClN4O4. The quantitative estimate of drug-likeness (QED) is 0.478. The molecule has 0 radical (unpaired) electrons. The molecule has 1 aliphatic heterocycles. The van der Waals surface area contributed by atoms with E-state index in [9.17, 15) is 14.9 Å². The van der Waals surface area contributed by atoms with Crippen molar-refractivity contribution in [1.82, 2.24) is 10.1 Å². The average Bonchev–Trinajstić information content (AvgIpc) is 3.33. The molecule has 0 saturated heterocycles. The Kier molecular flexibility index (Phi) is 4.79. The lowest BCUT2D eigenvalue weighted by Crippen LogP contribution is -2.29. The molecule has 3 aromatic rings. The highest BCUT2D eigenvalue weighted by Gasteiger charge is 2.26. The number of benzene rings is 2. The summed E-state index contributed by atoms with van der Waals surface area (Å²) in [6.07, 6.45) is 1.14.